The van der Waals surface area contributed by atoms with Crippen LogP contribution in [0.2, 0.25) is 0 Å². The molecule has 1 saturated heterocycles. The molecule has 0 aliphatic carbocycles. The molecule has 1 aliphatic heterocycles. The van der Waals surface area contributed by atoms with E-state index in [9.17, 15) is 18.8 Å². The molecule has 8 heteroatoms. The predicted octanol–water partition coefficient (Wildman–Crippen LogP) is 1.40. The number of nitrogens with zero attached hydrogens (tertiary/aromatic N) is 4. The predicted molar refractivity (Wildman–Crippen MR) is 102 cm³/mol. The zero-order valence-electron chi connectivity index (χ0n) is 15.6. The Kier molecular flexibility index (Phi) is 4.33. The van der Waals surface area contributed by atoms with E-state index >= 15 is 0 Å². The van der Waals surface area contributed by atoms with Crippen molar-refractivity contribution in [1.82, 2.24) is 19.0 Å². The fourth-order valence-corrected chi connectivity index (χ4v) is 3.66. The molecule has 3 heterocycles. The van der Waals surface area contributed by atoms with Gasteiger partial charge >= 0.3 is 5.69 Å². The van der Waals surface area contributed by atoms with E-state index in [1.807, 2.05) is 0 Å². The molecule has 1 atom stereocenters. The summed E-state index contributed by atoms with van der Waals surface area (Å²) in [6.45, 7) is 1.05. The fraction of sp³-hybridized carbons (Fsp3) is 0.300. The van der Waals surface area contributed by atoms with Crippen molar-refractivity contribution < 1.29 is 9.18 Å². The minimum Gasteiger partial charge on any atom is -0.338 e. The second-order valence-electron chi connectivity index (χ2n) is 7.06. The normalized spacial score (nSPS) is 16.7. The lowest BCUT2D eigenvalue weighted by Gasteiger charge is -2.17. The summed E-state index contributed by atoms with van der Waals surface area (Å²) in [6.07, 6.45) is 0.726. The molecule has 4 rings (SSSR count). The van der Waals surface area contributed by atoms with Crippen LogP contribution in [0, 0.1) is 5.82 Å². The minimum atomic E-state index is -0.429. The average Bonchev–Trinajstić information content (AvgIpc) is 3.20. The highest BCUT2D eigenvalue weighted by Crippen LogP contribution is 2.27. The van der Waals surface area contributed by atoms with Gasteiger partial charge in [-0.1, -0.05) is 0 Å². The number of likely N-dealkylation sites (tertiary alicyclic amines) is 1. The smallest absolute Gasteiger partial charge is 0.332 e. The van der Waals surface area contributed by atoms with E-state index in [4.69, 9.17) is 0 Å². The second kappa shape index (κ2) is 6.70. The Morgan fingerprint density at radius 3 is 2.50 bits per heavy atom. The number of halogens is 1. The molecule has 0 unspecified atom stereocenters. The number of carbonyl (C=O) groups is 1. The molecule has 0 saturated carbocycles. The van der Waals surface area contributed by atoms with Gasteiger partial charge in [0.25, 0.3) is 11.5 Å². The second-order valence-corrected chi connectivity index (χ2v) is 7.06. The van der Waals surface area contributed by atoms with Crippen LogP contribution < -0.4 is 11.2 Å². The van der Waals surface area contributed by atoms with Crippen molar-refractivity contribution in [2.24, 2.45) is 14.1 Å². The fourth-order valence-electron chi connectivity index (χ4n) is 3.66. The van der Waals surface area contributed by atoms with Crippen LogP contribution in [0.1, 0.15) is 28.4 Å². The first-order valence-corrected chi connectivity index (χ1v) is 8.98. The number of rotatable bonds is 2. The van der Waals surface area contributed by atoms with E-state index in [-0.39, 0.29) is 23.2 Å². The highest BCUT2D eigenvalue weighted by molar-refractivity contribution is 5.94. The first-order valence-electron chi connectivity index (χ1n) is 8.98. The Balaban J connectivity index is 1.63. The van der Waals surface area contributed by atoms with E-state index in [1.54, 1.807) is 24.1 Å². The molecule has 0 N–H and O–H groups in total. The highest BCUT2D eigenvalue weighted by atomic mass is 19.1. The zero-order chi connectivity index (χ0) is 20.0. The molecule has 2 aromatic heterocycles. The molecule has 1 fully saturated rings. The van der Waals surface area contributed by atoms with Gasteiger partial charge in [-0.3, -0.25) is 18.7 Å². The number of hydrogen-bond acceptors (Lipinski definition) is 4. The van der Waals surface area contributed by atoms with E-state index in [2.05, 4.69) is 4.98 Å². The third kappa shape index (κ3) is 2.90. The average molecular weight is 382 g/mol. The van der Waals surface area contributed by atoms with Crippen molar-refractivity contribution in [1.29, 1.82) is 0 Å². The summed E-state index contributed by atoms with van der Waals surface area (Å²) in [5.41, 5.74) is 0.719. The Labute approximate surface area is 159 Å². The van der Waals surface area contributed by atoms with Crippen LogP contribution in [-0.4, -0.2) is 38.0 Å². The first kappa shape index (κ1) is 18.1. The molecule has 7 nitrogen and oxygen atoms in total. The SMILES string of the molecule is Cn1c(=O)c2ccc([C@H]3CCN(C(=O)c4ccc(F)cc4)C3)nc2n(C)c1=O. The maximum Gasteiger partial charge on any atom is 0.332 e. The summed E-state index contributed by atoms with van der Waals surface area (Å²) in [7, 11) is 3.02. The van der Waals surface area contributed by atoms with Gasteiger partial charge in [0.1, 0.15) is 11.5 Å². The van der Waals surface area contributed by atoms with Crippen LogP contribution in [0.3, 0.4) is 0 Å². The maximum atomic E-state index is 13.1. The molecule has 1 amide bonds. The molecule has 1 aromatic carbocycles. The van der Waals surface area contributed by atoms with Crippen molar-refractivity contribution in [3.05, 3.63) is 74.3 Å². The van der Waals surface area contributed by atoms with E-state index in [1.165, 1.54) is 35.9 Å². The topological polar surface area (TPSA) is 77.2 Å². The molecule has 1 aliphatic rings. The van der Waals surface area contributed by atoms with Gasteiger partial charge in [0.15, 0.2) is 0 Å². The molecule has 3 aromatic rings. The lowest BCUT2D eigenvalue weighted by Crippen LogP contribution is -2.37. The first-order chi connectivity index (χ1) is 13.4. The van der Waals surface area contributed by atoms with Crippen LogP contribution in [0.25, 0.3) is 11.0 Å². The number of fused-ring (bicyclic) bond motifs is 1. The summed E-state index contributed by atoms with van der Waals surface area (Å²) in [6, 6.07) is 8.96. The van der Waals surface area contributed by atoms with Crippen LogP contribution in [0.4, 0.5) is 4.39 Å². The highest BCUT2D eigenvalue weighted by Gasteiger charge is 2.29. The molecule has 28 heavy (non-hydrogen) atoms. The molecular weight excluding hydrogens is 363 g/mol. The van der Waals surface area contributed by atoms with Crippen LogP contribution >= 0.6 is 0 Å². The number of benzene rings is 1. The van der Waals surface area contributed by atoms with Gasteiger partial charge in [0.2, 0.25) is 0 Å². The van der Waals surface area contributed by atoms with Crippen molar-refractivity contribution in [3.63, 3.8) is 0 Å². The minimum absolute atomic E-state index is 0.00737. The van der Waals surface area contributed by atoms with Gasteiger partial charge in [-0.05, 0) is 42.8 Å². The number of carbonyl (C=O) groups excluding carboxylic acids is 1. The van der Waals surface area contributed by atoms with Gasteiger partial charge in [-0.2, -0.15) is 0 Å². The lowest BCUT2D eigenvalue weighted by atomic mass is 10.0. The summed E-state index contributed by atoms with van der Waals surface area (Å²) >= 11 is 0. The van der Waals surface area contributed by atoms with Gasteiger partial charge in [-0.25, -0.2) is 14.2 Å². The Morgan fingerprint density at radius 1 is 1.07 bits per heavy atom. The monoisotopic (exact) mass is 382 g/mol. The summed E-state index contributed by atoms with van der Waals surface area (Å²) in [5.74, 6) is -0.523. The standard InChI is InChI=1S/C20H19FN4O3/c1-23-17-15(19(27)24(2)20(23)28)7-8-16(22-17)13-9-10-25(11-13)18(26)12-3-5-14(21)6-4-12/h3-8,13H,9-11H2,1-2H3/t13-/m0/s1. The number of aryl methyl sites for hydroxylation is 1. The molecule has 0 radical (unpaired) electrons. The van der Waals surface area contributed by atoms with Crippen LogP contribution in [0.5, 0.6) is 0 Å². The van der Waals surface area contributed by atoms with Crippen molar-refractivity contribution in [2.75, 3.05) is 13.1 Å². The Morgan fingerprint density at radius 2 is 1.79 bits per heavy atom. The number of aromatic nitrogens is 3. The third-order valence-electron chi connectivity index (χ3n) is 5.31. The summed E-state index contributed by atoms with van der Waals surface area (Å²) < 4.78 is 15.5. The van der Waals surface area contributed by atoms with Gasteiger partial charge in [-0.15, -0.1) is 0 Å². The lowest BCUT2D eigenvalue weighted by molar-refractivity contribution is 0.0790. The number of hydrogen-bond donors (Lipinski definition) is 0. The molecule has 0 spiro atoms. The molecule has 0 bridgehead atoms. The van der Waals surface area contributed by atoms with Crippen LogP contribution in [0.15, 0.2) is 46.0 Å². The summed E-state index contributed by atoms with van der Waals surface area (Å²) in [5, 5.41) is 0.380. The molecule has 144 valence electrons. The number of amides is 1. The Bertz CT molecular complexity index is 1200. The van der Waals surface area contributed by atoms with Crippen LogP contribution in [-0.2, 0) is 14.1 Å². The largest absolute Gasteiger partial charge is 0.338 e. The van der Waals surface area contributed by atoms with Crippen molar-refractivity contribution in [3.8, 4) is 0 Å². The number of pyridine rings is 1. The van der Waals surface area contributed by atoms with Crippen molar-refractivity contribution >= 4 is 16.9 Å². The summed E-state index contributed by atoms with van der Waals surface area (Å²) in [4.78, 5) is 43.3. The Hall–Kier alpha value is -3.29. The molecular formula is C20H19FN4O3. The zero-order valence-corrected chi connectivity index (χ0v) is 15.6. The maximum absolute atomic E-state index is 13.1. The van der Waals surface area contributed by atoms with E-state index in [0.717, 1.165) is 16.7 Å². The third-order valence-corrected chi connectivity index (χ3v) is 5.31. The van der Waals surface area contributed by atoms with E-state index < -0.39 is 5.69 Å². The van der Waals surface area contributed by atoms with Gasteiger partial charge in [0.05, 0.1) is 5.39 Å². The van der Waals surface area contributed by atoms with Gasteiger partial charge < -0.3 is 4.90 Å². The quantitative estimate of drug-likeness (QED) is 0.671. The van der Waals surface area contributed by atoms with E-state index in [0.29, 0.717) is 29.7 Å². The van der Waals surface area contributed by atoms with Crippen molar-refractivity contribution in [2.45, 2.75) is 12.3 Å². The van der Waals surface area contributed by atoms with Gasteiger partial charge in [0, 0.05) is 44.4 Å².